The Hall–Kier alpha value is -2.19. The van der Waals surface area contributed by atoms with E-state index in [4.69, 9.17) is 4.74 Å². The highest BCUT2D eigenvalue weighted by molar-refractivity contribution is 6.72. The minimum Gasteiger partial charge on any atom is -0.444 e. The van der Waals surface area contributed by atoms with Gasteiger partial charge in [0, 0.05) is 25.6 Å². The van der Waals surface area contributed by atoms with Crippen molar-refractivity contribution < 1.29 is 14.3 Å². The van der Waals surface area contributed by atoms with E-state index in [0.717, 1.165) is 31.5 Å². The Morgan fingerprint density at radius 1 is 1.18 bits per heavy atom. The summed E-state index contributed by atoms with van der Waals surface area (Å²) in [4.78, 5) is 25.7. The van der Waals surface area contributed by atoms with Crippen molar-refractivity contribution in [2.45, 2.75) is 90.1 Å². The number of piperidine rings is 1. The van der Waals surface area contributed by atoms with Crippen molar-refractivity contribution in [2.75, 3.05) is 13.1 Å². The Morgan fingerprint density at radius 3 is 2.47 bits per heavy atom. The van der Waals surface area contributed by atoms with Crippen LogP contribution in [0.25, 0.3) is 0 Å². The molecular formula is C26H42N4O3Si. The van der Waals surface area contributed by atoms with Gasteiger partial charge >= 0.3 is 6.09 Å². The smallest absolute Gasteiger partial charge is 0.410 e. The van der Waals surface area contributed by atoms with Gasteiger partial charge in [-0.1, -0.05) is 49.4 Å². The Morgan fingerprint density at radius 2 is 1.85 bits per heavy atom. The van der Waals surface area contributed by atoms with Crippen molar-refractivity contribution in [3.05, 3.63) is 47.8 Å². The van der Waals surface area contributed by atoms with Crippen LogP contribution in [-0.4, -0.2) is 57.8 Å². The van der Waals surface area contributed by atoms with Crippen LogP contribution >= 0.6 is 0 Å². The molecule has 0 bridgehead atoms. The average Bonchev–Trinajstić information content (AvgIpc) is 3.19. The third-order valence-electron chi connectivity index (χ3n) is 7.30. The molecule has 0 radical (unpaired) electrons. The number of aryl methyl sites for hydroxylation is 2. The quantitative estimate of drug-likeness (QED) is 0.542. The van der Waals surface area contributed by atoms with Gasteiger partial charge in [0.25, 0.3) is 0 Å². The highest BCUT2D eigenvalue weighted by Gasteiger charge is 2.44. The van der Waals surface area contributed by atoms with Crippen LogP contribution in [0.15, 0.2) is 36.5 Å². The zero-order valence-corrected chi connectivity index (χ0v) is 22.9. The van der Waals surface area contributed by atoms with E-state index >= 15 is 0 Å². The van der Waals surface area contributed by atoms with Crippen molar-refractivity contribution >= 4 is 14.4 Å². The molecule has 1 N–H and O–H groups in total. The van der Waals surface area contributed by atoms with Gasteiger partial charge in [-0.2, -0.15) is 0 Å². The average molecular weight is 487 g/mol. The molecule has 2 atom stereocenters. The number of carbonyl (C=O) groups excluding carboxylic acids is 1. The molecule has 1 amide bonds. The maximum absolute atomic E-state index is 12.9. The number of hydrogen-bond donors (Lipinski definition) is 1. The number of carbonyl (C=O) groups is 1. The van der Waals surface area contributed by atoms with E-state index in [-0.39, 0.29) is 23.0 Å². The number of benzene rings is 1. The monoisotopic (exact) mass is 486 g/mol. The first-order chi connectivity index (χ1) is 15.8. The molecule has 2 aromatic rings. The van der Waals surface area contributed by atoms with Crippen LogP contribution in [0.3, 0.4) is 0 Å². The number of likely N-dealkylation sites (tertiary alicyclic amines) is 1. The van der Waals surface area contributed by atoms with E-state index in [1.165, 1.54) is 5.56 Å². The van der Waals surface area contributed by atoms with Crippen LogP contribution in [0, 0.1) is 5.92 Å². The van der Waals surface area contributed by atoms with Gasteiger partial charge in [-0.25, -0.2) is 9.48 Å². The third-order valence-corrected chi connectivity index (χ3v) is 10.8. The van der Waals surface area contributed by atoms with Gasteiger partial charge in [-0.3, -0.25) is 0 Å². The van der Waals surface area contributed by atoms with Crippen LogP contribution < -0.4 is 0 Å². The molecular weight excluding hydrogens is 444 g/mol. The molecule has 1 aliphatic heterocycles. The first-order valence-corrected chi connectivity index (χ1v) is 15.3. The van der Waals surface area contributed by atoms with E-state index < -0.39 is 13.9 Å². The van der Waals surface area contributed by atoms with Crippen LogP contribution in [0.4, 0.5) is 4.79 Å². The Balaban J connectivity index is 1.82. The summed E-state index contributed by atoms with van der Waals surface area (Å²) in [7, 11) is -2.42. The summed E-state index contributed by atoms with van der Waals surface area (Å²) in [6, 6.07) is 10.4. The highest BCUT2D eigenvalue weighted by atomic mass is 28.4. The van der Waals surface area contributed by atoms with Gasteiger partial charge in [-0.05, 0) is 69.6 Å². The topological polar surface area (TPSA) is 80.5 Å². The molecule has 7 nitrogen and oxygen atoms in total. The Kier molecular flexibility index (Phi) is 7.92. The molecule has 1 fully saturated rings. The summed E-state index contributed by atoms with van der Waals surface area (Å²) >= 11 is 0. The second-order valence-corrected chi connectivity index (χ2v) is 16.3. The number of nitrogens with zero attached hydrogens (tertiary/aromatic N) is 4. The molecule has 0 aliphatic carbocycles. The summed E-state index contributed by atoms with van der Waals surface area (Å²) in [5, 5.41) is 8.47. The minimum absolute atomic E-state index is 0.184. The highest BCUT2D eigenvalue weighted by Crippen LogP contribution is 2.47. The van der Waals surface area contributed by atoms with E-state index in [2.05, 4.69) is 48.4 Å². The van der Waals surface area contributed by atoms with E-state index in [1.54, 1.807) is 0 Å². The lowest BCUT2D eigenvalue weighted by Crippen LogP contribution is -2.48. The van der Waals surface area contributed by atoms with E-state index in [0.29, 0.717) is 13.1 Å². The van der Waals surface area contributed by atoms with Crippen LogP contribution in [-0.2, 0) is 17.7 Å². The molecule has 3 rings (SSSR count). The Bertz CT molecular complexity index is 947. The summed E-state index contributed by atoms with van der Waals surface area (Å²) in [6.45, 7) is 16.0. The first kappa shape index (κ1) is 26.4. The van der Waals surface area contributed by atoms with Crippen LogP contribution in [0.5, 0.6) is 0 Å². The van der Waals surface area contributed by atoms with E-state index in [9.17, 15) is 9.59 Å². The number of aromatic nitrogens is 3. The maximum atomic E-state index is 12.9. The van der Waals surface area contributed by atoms with Crippen LogP contribution in [0.1, 0.15) is 64.6 Å². The van der Waals surface area contributed by atoms with Crippen molar-refractivity contribution in [3.8, 4) is 0 Å². The molecule has 1 aromatic carbocycles. The summed E-state index contributed by atoms with van der Waals surface area (Å²) < 4.78 is 7.71. The maximum Gasteiger partial charge on any atom is 0.410 e. The van der Waals surface area contributed by atoms with Gasteiger partial charge in [0.1, 0.15) is 5.60 Å². The normalized spacial score (nSPS) is 19.8. The lowest BCUT2D eigenvalue weighted by Gasteiger charge is -2.44. The fourth-order valence-electron chi connectivity index (χ4n) is 4.63. The Labute approximate surface area is 205 Å². The lowest BCUT2D eigenvalue weighted by molar-refractivity contribution is 0.0127. The zero-order chi connectivity index (χ0) is 25.1. The van der Waals surface area contributed by atoms with Crippen LogP contribution in [0.2, 0.25) is 18.1 Å². The van der Waals surface area contributed by atoms with Gasteiger partial charge in [0.05, 0.1) is 11.9 Å². The van der Waals surface area contributed by atoms with Gasteiger partial charge in [0.2, 0.25) is 0 Å². The largest absolute Gasteiger partial charge is 0.444 e. The second kappa shape index (κ2) is 10.2. The fourth-order valence-corrected chi connectivity index (χ4v) is 5.39. The fraction of sp³-hybridized carbons (Fsp3) is 0.654. The number of hydrogen-bond acceptors (Lipinski definition) is 5. The summed E-state index contributed by atoms with van der Waals surface area (Å²) in [5.74, 6) is 0.407. The zero-order valence-electron chi connectivity index (χ0n) is 21.9. The lowest BCUT2D eigenvalue weighted by atomic mass is 9.78. The minimum atomic E-state index is -2.42. The molecule has 1 aliphatic rings. The molecule has 34 heavy (non-hydrogen) atoms. The van der Waals surface area contributed by atoms with Crippen molar-refractivity contribution in [2.24, 2.45) is 5.92 Å². The molecule has 0 spiro atoms. The number of amides is 1. The molecule has 2 heterocycles. The summed E-state index contributed by atoms with van der Waals surface area (Å²) in [6.07, 6.45) is 4.17. The predicted molar refractivity (Wildman–Crippen MR) is 137 cm³/mol. The predicted octanol–water partition coefficient (Wildman–Crippen LogP) is 5.23. The molecule has 1 aromatic heterocycles. The third kappa shape index (κ3) is 6.69. The SMILES string of the molecule is CC(C)(C)OC(=O)N1CC[C@@H](c2cnnn2CCc2ccccc2)[C@H](CC(C)(C)[Si](C)(C)O)C1. The molecule has 188 valence electrons. The van der Waals surface area contributed by atoms with Crippen molar-refractivity contribution in [3.63, 3.8) is 0 Å². The molecule has 0 unspecified atom stereocenters. The number of ether oxygens (including phenoxy) is 1. The van der Waals surface area contributed by atoms with Crippen molar-refractivity contribution in [1.29, 1.82) is 0 Å². The van der Waals surface area contributed by atoms with Gasteiger partial charge < -0.3 is 14.4 Å². The molecule has 0 saturated carbocycles. The standard InChI is InChI=1S/C26H42N4O3Si/c1-25(2,3)33-24(31)29-15-14-22(21(19-29)17-26(4,5)34(6,7)32)23-18-27-28-30(23)16-13-20-11-9-8-10-12-20/h8-12,18,21-22,32H,13-17,19H2,1-7H3/t21-,22-/m1/s1. The van der Waals surface area contributed by atoms with Gasteiger partial charge in [0.15, 0.2) is 8.32 Å². The van der Waals surface area contributed by atoms with Gasteiger partial charge in [-0.15, -0.1) is 5.10 Å². The second-order valence-electron chi connectivity index (χ2n) is 11.8. The van der Waals surface area contributed by atoms with E-state index in [1.807, 2.05) is 55.7 Å². The first-order valence-electron chi connectivity index (χ1n) is 12.4. The van der Waals surface area contributed by atoms with Crippen molar-refractivity contribution in [1.82, 2.24) is 19.9 Å². The number of rotatable bonds is 7. The molecule has 1 saturated heterocycles. The summed E-state index contributed by atoms with van der Waals surface area (Å²) in [5.41, 5.74) is 1.87. The molecule has 8 heteroatoms.